The summed E-state index contributed by atoms with van der Waals surface area (Å²) in [6.45, 7) is 6.81. The summed E-state index contributed by atoms with van der Waals surface area (Å²) in [5, 5.41) is 2.07. The lowest BCUT2D eigenvalue weighted by Crippen LogP contribution is -2.40. The number of Topliss-reactive ketones (excluding diaryl/α,β-unsaturated/α-hetero) is 1. The summed E-state index contributed by atoms with van der Waals surface area (Å²) in [6, 6.07) is 6.17. The van der Waals surface area contributed by atoms with Crippen LogP contribution in [0.4, 0.5) is 0 Å². The SMILES string of the molecule is Cc1cc(C(=O)CN2CCC(C(N)=O)CC2)c(C)n1Cc1cccs1. The molecule has 6 heteroatoms. The molecule has 0 saturated carbocycles. The molecule has 1 aliphatic heterocycles. The molecular weight excluding hydrogens is 334 g/mol. The minimum absolute atomic E-state index is 0.0396. The molecule has 1 amide bonds. The maximum Gasteiger partial charge on any atom is 0.220 e. The quantitative estimate of drug-likeness (QED) is 0.806. The molecule has 1 aliphatic rings. The number of likely N-dealkylation sites (tertiary alicyclic amines) is 1. The molecule has 134 valence electrons. The molecule has 3 rings (SSSR count). The fourth-order valence-corrected chi connectivity index (χ4v) is 4.24. The molecule has 0 spiro atoms. The number of carbonyl (C=O) groups is 2. The topological polar surface area (TPSA) is 68.3 Å². The fourth-order valence-electron chi connectivity index (χ4n) is 3.55. The number of ketones is 1. The highest BCUT2D eigenvalue weighted by Crippen LogP contribution is 2.21. The molecule has 0 aromatic carbocycles. The standard InChI is InChI=1S/C19H25N3O2S/c1-13-10-17(14(2)22(13)11-16-4-3-9-25-16)18(23)12-21-7-5-15(6-8-21)19(20)24/h3-4,9-10,15H,5-8,11-12H2,1-2H3,(H2,20,24). The molecule has 2 N–H and O–H groups in total. The number of nitrogens with two attached hydrogens (primary N) is 1. The van der Waals surface area contributed by atoms with Gasteiger partial charge in [0.25, 0.3) is 0 Å². The van der Waals surface area contributed by atoms with Crippen LogP contribution in [-0.4, -0.2) is 40.8 Å². The summed E-state index contributed by atoms with van der Waals surface area (Å²) in [7, 11) is 0. The number of rotatable bonds is 6. The van der Waals surface area contributed by atoms with E-state index in [1.807, 2.05) is 13.0 Å². The van der Waals surface area contributed by atoms with E-state index in [2.05, 4.69) is 33.9 Å². The van der Waals surface area contributed by atoms with Crippen LogP contribution in [0.3, 0.4) is 0 Å². The Morgan fingerprint density at radius 1 is 1.28 bits per heavy atom. The second kappa shape index (κ2) is 7.54. The zero-order chi connectivity index (χ0) is 18.0. The molecule has 5 nitrogen and oxygen atoms in total. The van der Waals surface area contributed by atoms with Gasteiger partial charge in [-0.15, -0.1) is 11.3 Å². The van der Waals surface area contributed by atoms with Gasteiger partial charge in [-0.2, -0.15) is 0 Å². The number of primary amides is 1. The van der Waals surface area contributed by atoms with Crippen LogP contribution >= 0.6 is 11.3 Å². The number of thiophene rings is 1. The van der Waals surface area contributed by atoms with E-state index >= 15 is 0 Å². The van der Waals surface area contributed by atoms with Gasteiger partial charge in [0.2, 0.25) is 5.91 Å². The van der Waals surface area contributed by atoms with Crippen molar-refractivity contribution in [2.75, 3.05) is 19.6 Å². The Labute approximate surface area is 152 Å². The summed E-state index contributed by atoms with van der Waals surface area (Å²) in [5.74, 6) is -0.103. The normalized spacial score (nSPS) is 16.2. The van der Waals surface area contributed by atoms with E-state index in [-0.39, 0.29) is 17.6 Å². The molecule has 2 aromatic heterocycles. The van der Waals surface area contributed by atoms with E-state index in [0.717, 1.165) is 49.4 Å². The third-order valence-corrected chi connectivity index (χ3v) is 5.99. The summed E-state index contributed by atoms with van der Waals surface area (Å²) < 4.78 is 2.21. The number of nitrogens with zero attached hydrogens (tertiary/aromatic N) is 2. The van der Waals surface area contributed by atoms with Gasteiger partial charge in [-0.3, -0.25) is 14.5 Å². The highest BCUT2D eigenvalue weighted by Gasteiger charge is 2.25. The van der Waals surface area contributed by atoms with Gasteiger partial charge in [-0.25, -0.2) is 0 Å². The van der Waals surface area contributed by atoms with Crippen molar-refractivity contribution in [2.24, 2.45) is 11.7 Å². The predicted octanol–water partition coefficient (Wildman–Crippen LogP) is 2.59. The lowest BCUT2D eigenvalue weighted by atomic mass is 9.96. The smallest absolute Gasteiger partial charge is 0.220 e. The Balaban J connectivity index is 1.66. The molecule has 0 radical (unpaired) electrons. The molecule has 1 saturated heterocycles. The number of hydrogen-bond acceptors (Lipinski definition) is 4. The van der Waals surface area contributed by atoms with E-state index in [9.17, 15) is 9.59 Å². The van der Waals surface area contributed by atoms with Gasteiger partial charge in [-0.1, -0.05) is 6.07 Å². The number of amides is 1. The molecule has 3 heterocycles. The van der Waals surface area contributed by atoms with Crippen molar-refractivity contribution in [2.45, 2.75) is 33.2 Å². The van der Waals surface area contributed by atoms with Crippen molar-refractivity contribution in [3.05, 3.63) is 45.4 Å². The molecule has 0 aliphatic carbocycles. The zero-order valence-corrected chi connectivity index (χ0v) is 15.6. The van der Waals surface area contributed by atoms with Crippen LogP contribution in [-0.2, 0) is 11.3 Å². The van der Waals surface area contributed by atoms with Crippen molar-refractivity contribution >= 4 is 23.0 Å². The Morgan fingerprint density at radius 2 is 2.00 bits per heavy atom. The van der Waals surface area contributed by atoms with Crippen molar-refractivity contribution in [1.29, 1.82) is 0 Å². The number of carbonyl (C=O) groups excluding carboxylic acids is 2. The van der Waals surface area contributed by atoms with E-state index in [1.165, 1.54) is 4.88 Å². The first-order valence-corrected chi connectivity index (χ1v) is 9.57. The molecule has 0 bridgehead atoms. The van der Waals surface area contributed by atoms with Gasteiger partial charge in [0.1, 0.15) is 0 Å². The van der Waals surface area contributed by atoms with Crippen molar-refractivity contribution < 1.29 is 9.59 Å². The van der Waals surface area contributed by atoms with Crippen molar-refractivity contribution in [3.8, 4) is 0 Å². The first-order valence-electron chi connectivity index (χ1n) is 8.69. The van der Waals surface area contributed by atoms with E-state index < -0.39 is 0 Å². The first-order chi connectivity index (χ1) is 12.0. The van der Waals surface area contributed by atoms with Crippen LogP contribution in [0, 0.1) is 19.8 Å². The summed E-state index contributed by atoms with van der Waals surface area (Å²) in [6.07, 6.45) is 1.50. The molecule has 1 fully saturated rings. The average molecular weight is 359 g/mol. The summed E-state index contributed by atoms with van der Waals surface area (Å²) in [4.78, 5) is 27.4. The minimum atomic E-state index is -0.219. The first kappa shape index (κ1) is 17.9. The fraction of sp³-hybridized carbons (Fsp3) is 0.474. The minimum Gasteiger partial charge on any atom is -0.369 e. The summed E-state index contributed by atoms with van der Waals surface area (Å²) >= 11 is 1.73. The molecule has 25 heavy (non-hydrogen) atoms. The van der Waals surface area contributed by atoms with Crippen LogP contribution < -0.4 is 5.73 Å². The molecule has 0 unspecified atom stereocenters. The van der Waals surface area contributed by atoms with E-state index in [1.54, 1.807) is 11.3 Å². The van der Waals surface area contributed by atoms with Gasteiger partial charge in [0.05, 0.1) is 13.1 Å². The van der Waals surface area contributed by atoms with Gasteiger partial charge < -0.3 is 10.3 Å². The second-order valence-electron chi connectivity index (χ2n) is 6.83. The third kappa shape index (κ3) is 4.02. The van der Waals surface area contributed by atoms with Crippen molar-refractivity contribution in [3.63, 3.8) is 0 Å². The maximum atomic E-state index is 12.8. The van der Waals surface area contributed by atoms with Crippen LogP contribution in [0.5, 0.6) is 0 Å². The summed E-state index contributed by atoms with van der Waals surface area (Å²) in [5.41, 5.74) is 8.33. The second-order valence-corrected chi connectivity index (χ2v) is 7.86. The van der Waals surface area contributed by atoms with Crippen LogP contribution in [0.15, 0.2) is 23.6 Å². The van der Waals surface area contributed by atoms with Crippen LogP contribution in [0.2, 0.25) is 0 Å². The van der Waals surface area contributed by atoms with Gasteiger partial charge in [0, 0.05) is 27.7 Å². The zero-order valence-electron chi connectivity index (χ0n) is 14.8. The Kier molecular flexibility index (Phi) is 5.39. The third-order valence-electron chi connectivity index (χ3n) is 5.13. The van der Waals surface area contributed by atoms with Crippen LogP contribution in [0.25, 0.3) is 0 Å². The lowest BCUT2D eigenvalue weighted by molar-refractivity contribution is -0.123. The number of aryl methyl sites for hydroxylation is 1. The molecule has 2 aromatic rings. The maximum absolute atomic E-state index is 12.8. The highest BCUT2D eigenvalue weighted by molar-refractivity contribution is 7.09. The van der Waals surface area contributed by atoms with Gasteiger partial charge in [-0.05, 0) is 57.3 Å². The highest BCUT2D eigenvalue weighted by atomic mass is 32.1. The Bertz CT molecular complexity index is 756. The Hall–Kier alpha value is -1.92. The van der Waals surface area contributed by atoms with E-state index in [0.29, 0.717) is 6.54 Å². The number of aromatic nitrogens is 1. The molecular formula is C19H25N3O2S. The largest absolute Gasteiger partial charge is 0.369 e. The number of hydrogen-bond donors (Lipinski definition) is 1. The number of piperidine rings is 1. The average Bonchev–Trinajstić information content (AvgIpc) is 3.19. The molecule has 0 atom stereocenters. The van der Waals surface area contributed by atoms with Crippen LogP contribution in [0.1, 0.15) is 39.5 Å². The lowest BCUT2D eigenvalue weighted by Gasteiger charge is -2.29. The van der Waals surface area contributed by atoms with Gasteiger partial charge in [0.15, 0.2) is 5.78 Å². The van der Waals surface area contributed by atoms with Gasteiger partial charge >= 0.3 is 0 Å². The van der Waals surface area contributed by atoms with Crippen molar-refractivity contribution in [1.82, 2.24) is 9.47 Å². The predicted molar refractivity (Wildman–Crippen MR) is 100 cm³/mol. The Morgan fingerprint density at radius 3 is 2.60 bits per heavy atom. The van der Waals surface area contributed by atoms with E-state index in [4.69, 9.17) is 5.73 Å². The monoisotopic (exact) mass is 359 g/mol.